The second-order valence-corrected chi connectivity index (χ2v) is 5.70. The fourth-order valence-corrected chi connectivity index (χ4v) is 3.61. The van der Waals surface area contributed by atoms with E-state index >= 15 is 0 Å². The van der Waals surface area contributed by atoms with Gasteiger partial charge in [0.05, 0.1) is 11.6 Å². The van der Waals surface area contributed by atoms with Gasteiger partial charge in [-0.1, -0.05) is 19.8 Å². The average molecular weight is 253 g/mol. The second kappa shape index (κ2) is 5.98. The summed E-state index contributed by atoms with van der Waals surface area (Å²) in [6, 6.07) is 2.60. The standard InChI is InChI=1S/C14H23NOS/c1-3-9-15-13(12-6-10-17-11-12)14(16-2)7-4-5-8-14/h6,10-11,13,15H,3-5,7-9H2,1-2H3. The van der Waals surface area contributed by atoms with Gasteiger partial charge in [0.25, 0.3) is 0 Å². The van der Waals surface area contributed by atoms with E-state index in [1.807, 2.05) is 7.11 Å². The maximum atomic E-state index is 5.92. The zero-order valence-electron chi connectivity index (χ0n) is 10.9. The van der Waals surface area contributed by atoms with Gasteiger partial charge in [-0.05, 0) is 48.2 Å². The van der Waals surface area contributed by atoms with Crippen molar-refractivity contribution >= 4 is 11.3 Å². The molecule has 1 aromatic heterocycles. The molecule has 0 aromatic carbocycles. The summed E-state index contributed by atoms with van der Waals surface area (Å²) in [5, 5.41) is 8.10. The summed E-state index contributed by atoms with van der Waals surface area (Å²) in [5.41, 5.74) is 1.42. The van der Waals surface area contributed by atoms with Crippen LogP contribution in [0, 0.1) is 0 Å². The number of thiophene rings is 1. The molecule has 2 nitrogen and oxygen atoms in total. The summed E-state index contributed by atoms with van der Waals surface area (Å²) in [4.78, 5) is 0. The van der Waals surface area contributed by atoms with Crippen molar-refractivity contribution in [3.05, 3.63) is 22.4 Å². The first-order valence-electron chi connectivity index (χ1n) is 6.63. The number of hydrogen-bond acceptors (Lipinski definition) is 3. The lowest BCUT2D eigenvalue weighted by Crippen LogP contribution is -2.43. The van der Waals surface area contributed by atoms with Crippen LogP contribution in [0.15, 0.2) is 16.8 Å². The van der Waals surface area contributed by atoms with Crippen LogP contribution in [0.4, 0.5) is 0 Å². The van der Waals surface area contributed by atoms with Crippen molar-refractivity contribution in [2.24, 2.45) is 0 Å². The Kier molecular flexibility index (Phi) is 4.60. The van der Waals surface area contributed by atoms with E-state index in [4.69, 9.17) is 4.74 Å². The van der Waals surface area contributed by atoms with E-state index in [0.717, 1.165) is 6.54 Å². The monoisotopic (exact) mass is 253 g/mol. The van der Waals surface area contributed by atoms with E-state index < -0.39 is 0 Å². The van der Waals surface area contributed by atoms with Crippen LogP contribution in [-0.2, 0) is 4.74 Å². The van der Waals surface area contributed by atoms with Gasteiger partial charge in [-0.3, -0.25) is 0 Å². The molecule has 96 valence electrons. The molecule has 17 heavy (non-hydrogen) atoms. The Morgan fingerprint density at radius 2 is 2.24 bits per heavy atom. The Labute approximate surface area is 108 Å². The van der Waals surface area contributed by atoms with Crippen LogP contribution in [0.3, 0.4) is 0 Å². The second-order valence-electron chi connectivity index (χ2n) is 4.92. The third-order valence-corrected chi connectivity index (χ3v) is 4.56. The summed E-state index contributed by atoms with van der Waals surface area (Å²) < 4.78 is 5.92. The van der Waals surface area contributed by atoms with Crippen LogP contribution in [0.1, 0.15) is 50.6 Å². The van der Waals surface area contributed by atoms with Crippen molar-refractivity contribution in [3.63, 3.8) is 0 Å². The van der Waals surface area contributed by atoms with E-state index in [-0.39, 0.29) is 5.60 Å². The van der Waals surface area contributed by atoms with Gasteiger partial charge in [0, 0.05) is 7.11 Å². The first-order chi connectivity index (χ1) is 8.32. The predicted molar refractivity (Wildman–Crippen MR) is 73.6 cm³/mol. The van der Waals surface area contributed by atoms with Crippen LogP contribution in [0.5, 0.6) is 0 Å². The molecule has 0 radical (unpaired) electrons. The van der Waals surface area contributed by atoms with Crippen LogP contribution >= 0.6 is 11.3 Å². The molecular formula is C14H23NOS. The molecule has 1 unspecified atom stereocenters. The molecule has 3 heteroatoms. The molecule has 0 aliphatic heterocycles. The molecule has 1 heterocycles. The topological polar surface area (TPSA) is 21.3 Å². The Hall–Kier alpha value is -0.380. The predicted octanol–water partition coefficient (Wildman–Crippen LogP) is 3.75. The molecule has 1 fully saturated rings. The van der Waals surface area contributed by atoms with Crippen molar-refractivity contribution < 1.29 is 4.74 Å². The molecule has 1 N–H and O–H groups in total. The molecule has 0 amide bonds. The van der Waals surface area contributed by atoms with Crippen molar-refractivity contribution in [1.82, 2.24) is 5.32 Å². The summed E-state index contributed by atoms with van der Waals surface area (Å²) in [6.07, 6.45) is 6.12. The summed E-state index contributed by atoms with van der Waals surface area (Å²) in [5.74, 6) is 0. The lowest BCUT2D eigenvalue weighted by Gasteiger charge is -2.37. The molecular weight excluding hydrogens is 230 g/mol. The zero-order chi connectivity index (χ0) is 12.1. The molecule has 2 rings (SSSR count). The van der Waals surface area contributed by atoms with Gasteiger partial charge >= 0.3 is 0 Å². The van der Waals surface area contributed by atoms with E-state index in [9.17, 15) is 0 Å². The van der Waals surface area contributed by atoms with Crippen molar-refractivity contribution in [3.8, 4) is 0 Å². The molecule has 1 aliphatic carbocycles. The SMILES string of the molecule is CCCNC(c1ccsc1)C1(OC)CCCC1. The molecule has 0 saturated heterocycles. The number of ether oxygens (including phenoxy) is 1. The number of methoxy groups -OCH3 is 1. The van der Waals surface area contributed by atoms with Crippen LogP contribution in [0.25, 0.3) is 0 Å². The third-order valence-electron chi connectivity index (χ3n) is 3.86. The normalized spacial score (nSPS) is 20.6. The van der Waals surface area contributed by atoms with E-state index in [1.165, 1.54) is 37.7 Å². The van der Waals surface area contributed by atoms with E-state index in [1.54, 1.807) is 11.3 Å². The summed E-state index contributed by atoms with van der Waals surface area (Å²) in [6.45, 7) is 3.28. The molecule has 1 aromatic rings. The Morgan fingerprint density at radius 3 is 2.76 bits per heavy atom. The number of rotatable bonds is 6. The molecule has 0 bridgehead atoms. The van der Waals surface area contributed by atoms with Crippen LogP contribution in [-0.4, -0.2) is 19.3 Å². The van der Waals surface area contributed by atoms with Crippen LogP contribution < -0.4 is 5.32 Å². The van der Waals surface area contributed by atoms with Crippen molar-refractivity contribution in [1.29, 1.82) is 0 Å². The van der Waals surface area contributed by atoms with E-state index in [2.05, 4.69) is 29.1 Å². The Bertz CT molecular complexity index is 317. The van der Waals surface area contributed by atoms with Crippen LogP contribution in [0.2, 0.25) is 0 Å². The highest BCUT2D eigenvalue weighted by Gasteiger charge is 2.42. The van der Waals surface area contributed by atoms with Gasteiger partial charge in [0.2, 0.25) is 0 Å². The largest absolute Gasteiger partial charge is 0.376 e. The van der Waals surface area contributed by atoms with Gasteiger partial charge in [0.15, 0.2) is 0 Å². The molecule has 1 aliphatic rings. The van der Waals surface area contributed by atoms with E-state index in [0.29, 0.717) is 6.04 Å². The zero-order valence-corrected chi connectivity index (χ0v) is 11.7. The quantitative estimate of drug-likeness (QED) is 0.833. The minimum atomic E-state index is 0.0241. The first kappa shape index (κ1) is 13.1. The summed E-state index contributed by atoms with van der Waals surface area (Å²) >= 11 is 1.77. The molecule has 1 atom stereocenters. The highest BCUT2D eigenvalue weighted by Crippen LogP contribution is 2.42. The smallest absolute Gasteiger partial charge is 0.0872 e. The highest BCUT2D eigenvalue weighted by atomic mass is 32.1. The van der Waals surface area contributed by atoms with Gasteiger partial charge in [-0.25, -0.2) is 0 Å². The lowest BCUT2D eigenvalue weighted by atomic mass is 9.88. The minimum absolute atomic E-state index is 0.0241. The Balaban J connectivity index is 2.19. The molecule has 1 saturated carbocycles. The number of nitrogens with one attached hydrogen (secondary N) is 1. The van der Waals surface area contributed by atoms with Gasteiger partial charge in [-0.2, -0.15) is 11.3 Å². The molecule has 0 spiro atoms. The van der Waals surface area contributed by atoms with Crippen molar-refractivity contribution in [2.75, 3.05) is 13.7 Å². The van der Waals surface area contributed by atoms with Crippen molar-refractivity contribution in [2.45, 2.75) is 50.7 Å². The van der Waals surface area contributed by atoms with Gasteiger partial charge in [0.1, 0.15) is 0 Å². The highest BCUT2D eigenvalue weighted by molar-refractivity contribution is 7.07. The maximum absolute atomic E-state index is 5.92. The summed E-state index contributed by atoms with van der Waals surface area (Å²) in [7, 11) is 1.87. The van der Waals surface area contributed by atoms with Gasteiger partial charge < -0.3 is 10.1 Å². The first-order valence-corrected chi connectivity index (χ1v) is 7.57. The average Bonchev–Trinajstić information content (AvgIpc) is 3.01. The Morgan fingerprint density at radius 1 is 1.47 bits per heavy atom. The lowest BCUT2D eigenvalue weighted by molar-refractivity contribution is -0.0366. The maximum Gasteiger partial charge on any atom is 0.0872 e. The minimum Gasteiger partial charge on any atom is -0.376 e. The number of hydrogen-bond donors (Lipinski definition) is 1. The fourth-order valence-electron chi connectivity index (χ4n) is 2.92. The third kappa shape index (κ3) is 2.72. The van der Waals surface area contributed by atoms with Gasteiger partial charge in [-0.15, -0.1) is 0 Å². The fraction of sp³-hybridized carbons (Fsp3) is 0.714.